The molecule has 2 rings (SSSR count). The molecule has 0 aromatic carbocycles. The van der Waals surface area contributed by atoms with Crippen LogP contribution < -0.4 is 5.32 Å². The molecular weight excluding hydrogens is 246 g/mol. The molecule has 2 fully saturated rings. The third-order valence-corrected chi connectivity index (χ3v) is 4.73. The van der Waals surface area contributed by atoms with E-state index in [2.05, 4.69) is 12.2 Å². The van der Waals surface area contributed by atoms with Crippen molar-refractivity contribution in [3.8, 4) is 0 Å². The van der Waals surface area contributed by atoms with Crippen LogP contribution in [-0.4, -0.2) is 44.0 Å². The highest BCUT2D eigenvalue weighted by Crippen LogP contribution is 2.39. The van der Waals surface area contributed by atoms with Crippen LogP contribution in [0.5, 0.6) is 0 Å². The maximum absolute atomic E-state index is 12.5. The first-order valence-corrected chi connectivity index (χ1v) is 7.69. The van der Waals surface area contributed by atoms with Crippen LogP contribution in [0, 0.1) is 11.3 Å². The van der Waals surface area contributed by atoms with E-state index < -0.39 is 6.43 Å². The monoisotopic (exact) mass is 274 g/mol. The minimum Gasteiger partial charge on any atom is -0.313 e. The lowest BCUT2D eigenvalue weighted by atomic mass is 9.70. The topological polar surface area (TPSA) is 15.3 Å². The van der Waals surface area contributed by atoms with Crippen LogP contribution in [0.1, 0.15) is 45.4 Å². The summed E-state index contributed by atoms with van der Waals surface area (Å²) in [6, 6.07) is 0.705. The Morgan fingerprint density at radius 2 is 1.84 bits per heavy atom. The van der Waals surface area contributed by atoms with Gasteiger partial charge in [-0.05, 0) is 44.1 Å². The molecule has 0 bridgehead atoms. The zero-order valence-corrected chi connectivity index (χ0v) is 12.3. The normalized spacial score (nSPS) is 32.2. The number of rotatable bonds is 7. The van der Waals surface area contributed by atoms with Crippen LogP contribution in [0.2, 0.25) is 0 Å². The molecule has 0 unspecified atom stereocenters. The Bertz CT molecular complexity index is 271. The first-order valence-electron chi connectivity index (χ1n) is 7.69. The molecule has 0 saturated heterocycles. The molecular formula is C15H28F2N2. The van der Waals surface area contributed by atoms with Gasteiger partial charge in [-0.2, -0.15) is 0 Å². The van der Waals surface area contributed by atoms with Crippen LogP contribution in [-0.2, 0) is 0 Å². The molecule has 4 heteroatoms. The van der Waals surface area contributed by atoms with Gasteiger partial charge in [-0.15, -0.1) is 0 Å². The average Bonchev–Trinajstić information content (AvgIpc) is 3.13. The van der Waals surface area contributed by atoms with Crippen molar-refractivity contribution < 1.29 is 8.78 Å². The first kappa shape index (κ1) is 15.2. The van der Waals surface area contributed by atoms with E-state index in [1.165, 1.54) is 38.5 Å². The van der Waals surface area contributed by atoms with Crippen LogP contribution in [0.25, 0.3) is 0 Å². The predicted octanol–water partition coefficient (Wildman–Crippen LogP) is 3.13. The molecule has 112 valence electrons. The van der Waals surface area contributed by atoms with Gasteiger partial charge in [-0.1, -0.05) is 19.8 Å². The van der Waals surface area contributed by atoms with Gasteiger partial charge in [0.15, 0.2) is 0 Å². The van der Waals surface area contributed by atoms with Crippen molar-refractivity contribution in [3.63, 3.8) is 0 Å². The predicted molar refractivity (Wildman–Crippen MR) is 74.6 cm³/mol. The highest BCUT2D eigenvalue weighted by Gasteiger charge is 2.36. The smallest absolute Gasteiger partial charge is 0.251 e. The summed E-state index contributed by atoms with van der Waals surface area (Å²) in [7, 11) is 1.84. The molecule has 2 nitrogen and oxygen atoms in total. The number of nitrogens with one attached hydrogen (secondary N) is 1. The molecule has 2 aliphatic rings. The zero-order valence-electron chi connectivity index (χ0n) is 12.3. The maximum Gasteiger partial charge on any atom is 0.251 e. The Hall–Kier alpha value is -0.220. The molecule has 0 aliphatic heterocycles. The molecule has 0 atom stereocenters. The summed E-state index contributed by atoms with van der Waals surface area (Å²) in [5.74, 6) is 0.800. The Balaban J connectivity index is 1.88. The minimum atomic E-state index is -2.22. The van der Waals surface area contributed by atoms with Crippen molar-refractivity contribution in [2.45, 2.75) is 57.9 Å². The van der Waals surface area contributed by atoms with Crippen molar-refractivity contribution in [3.05, 3.63) is 0 Å². The van der Waals surface area contributed by atoms with Gasteiger partial charge in [0.25, 0.3) is 6.43 Å². The molecule has 0 radical (unpaired) electrons. The fourth-order valence-corrected chi connectivity index (χ4v) is 3.29. The number of halogens is 2. The van der Waals surface area contributed by atoms with E-state index in [0.717, 1.165) is 19.0 Å². The van der Waals surface area contributed by atoms with E-state index in [1.807, 2.05) is 11.9 Å². The van der Waals surface area contributed by atoms with Crippen molar-refractivity contribution in [1.29, 1.82) is 0 Å². The molecule has 0 amide bonds. The Morgan fingerprint density at radius 1 is 1.21 bits per heavy atom. The maximum atomic E-state index is 12.5. The highest BCUT2D eigenvalue weighted by molar-refractivity contribution is 4.92. The van der Waals surface area contributed by atoms with Gasteiger partial charge in [0, 0.05) is 19.1 Å². The molecule has 19 heavy (non-hydrogen) atoms. The van der Waals surface area contributed by atoms with E-state index in [0.29, 0.717) is 6.04 Å². The lowest BCUT2D eigenvalue weighted by Gasteiger charge is -2.42. The summed E-state index contributed by atoms with van der Waals surface area (Å²) >= 11 is 0. The summed E-state index contributed by atoms with van der Waals surface area (Å²) in [5, 5.41) is 3.63. The second-order valence-electron chi connectivity index (χ2n) is 6.93. The third kappa shape index (κ3) is 4.99. The van der Waals surface area contributed by atoms with Crippen LogP contribution in [0.3, 0.4) is 0 Å². The summed E-state index contributed by atoms with van der Waals surface area (Å²) in [4.78, 5) is 1.83. The quantitative estimate of drug-likeness (QED) is 0.767. The van der Waals surface area contributed by atoms with Gasteiger partial charge in [0.2, 0.25) is 0 Å². The van der Waals surface area contributed by atoms with E-state index in [1.54, 1.807) is 0 Å². The van der Waals surface area contributed by atoms with E-state index >= 15 is 0 Å². The van der Waals surface area contributed by atoms with Crippen LogP contribution in [0.15, 0.2) is 0 Å². The minimum absolute atomic E-state index is 0.0965. The number of hydrogen-bond donors (Lipinski definition) is 1. The molecule has 0 aromatic heterocycles. The van der Waals surface area contributed by atoms with Crippen LogP contribution >= 0.6 is 0 Å². The van der Waals surface area contributed by atoms with Gasteiger partial charge in [0.1, 0.15) is 0 Å². The second-order valence-corrected chi connectivity index (χ2v) is 6.93. The third-order valence-electron chi connectivity index (χ3n) is 4.73. The number of alkyl halides is 2. The number of nitrogens with zero attached hydrogens (tertiary/aromatic N) is 1. The lowest BCUT2D eigenvalue weighted by molar-refractivity contribution is 0.0530. The number of hydrogen-bond acceptors (Lipinski definition) is 2. The van der Waals surface area contributed by atoms with E-state index in [-0.39, 0.29) is 12.0 Å². The summed E-state index contributed by atoms with van der Waals surface area (Å²) < 4.78 is 25.0. The largest absolute Gasteiger partial charge is 0.313 e. The Morgan fingerprint density at radius 3 is 2.37 bits per heavy atom. The SMILES string of the molecule is CC1CCC(CNC2CC2)(CN(C)CC(F)F)CC1. The van der Waals surface area contributed by atoms with Crippen molar-refractivity contribution in [2.24, 2.45) is 11.3 Å². The summed E-state index contributed by atoms with van der Waals surface area (Å²) in [6.07, 6.45) is 5.21. The average molecular weight is 274 g/mol. The molecule has 2 saturated carbocycles. The van der Waals surface area contributed by atoms with Gasteiger partial charge < -0.3 is 10.2 Å². The van der Waals surface area contributed by atoms with E-state index in [9.17, 15) is 8.78 Å². The fourth-order valence-electron chi connectivity index (χ4n) is 3.29. The standard InChI is InChI=1S/C15H28F2N2/c1-12-5-7-15(8-6-12,10-18-13-3-4-13)11-19(2)9-14(16)17/h12-14,18H,3-11H2,1-2H3. The van der Waals surface area contributed by atoms with Crippen molar-refractivity contribution in [1.82, 2.24) is 10.2 Å². The zero-order chi connectivity index (χ0) is 13.9. The molecule has 0 spiro atoms. The highest BCUT2D eigenvalue weighted by atomic mass is 19.3. The lowest BCUT2D eigenvalue weighted by Crippen LogP contribution is -2.46. The van der Waals surface area contributed by atoms with Crippen LogP contribution in [0.4, 0.5) is 8.78 Å². The van der Waals surface area contributed by atoms with Gasteiger partial charge >= 0.3 is 0 Å². The second kappa shape index (κ2) is 6.49. The van der Waals surface area contributed by atoms with Gasteiger partial charge in [-0.3, -0.25) is 0 Å². The van der Waals surface area contributed by atoms with Crippen molar-refractivity contribution in [2.75, 3.05) is 26.7 Å². The molecule has 1 N–H and O–H groups in total. The molecule has 2 aliphatic carbocycles. The van der Waals surface area contributed by atoms with E-state index in [4.69, 9.17) is 0 Å². The molecule has 0 heterocycles. The fraction of sp³-hybridized carbons (Fsp3) is 1.00. The molecule has 0 aromatic rings. The Kier molecular flexibility index (Phi) is 5.18. The van der Waals surface area contributed by atoms with Gasteiger partial charge in [-0.25, -0.2) is 8.78 Å². The van der Waals surface area contributed by atoms with Crippen molar-refractivity contribution >= 4 is 0 Å². The summed E-state index contributed by atoms with van der Waals surface area (Å²) in [6.45, 7) is 4.03. The first-order chi connectivity index (χ1) is 8.99. The Labute approximate surface area is 115 Å². The van der Waals surface area contributed by atoms with Gasteiger partial charge in [0.05, 0.1) is 6.54 Å². The summed E-state index contributed by atoms with van der Waals surface area (Å²) in [5.41, 5.74) is 0.221.